The first-order valence-electron chi connectivity index (χ1n) is 5.79. The summed E-state index contributed by atoms with van der Waals surface area (Å²) in [7, 11) is -3.41. The Bertz CT molecular complexity index is 701. The highest BCUT2D eigenvalue weighted by Gasteiger charge is 2.25. The van der Waals surface area contributed by atoms with E-state index in [0.717, 1.165) is 11.4 Å². The fourth-order valence-corrected chi connectivity index (χ4v) is 3.24. The van der Waals surface area contributed by atoms with Crippen molar-refractivity contribution in [3.63, 3.8) is 0 Å². The molecule has 0 aliphatic carbocycles. The van der Waals surface area contributed by atoms with Gasteiger partial charge in [0.25, 0.3) is 0 Å². The lowest BCUT2D eigenvalue weighted by Gasteiger charge is -1.99. The van der Waals surface area contributed by atoms with E-state index in [2.05, 4.69) is 9.97 Å². The first kappa shape index (κ1) is 11.8. The van der Waals surface area contributed by atoms with E-state index in [0.29, 0.717) is 9.81 Å². The zero-order valence-electron chi connectivity index (χ0n) is 10.00. The highest BCUT2D eigenvalue weighted by Crippen LogP contribution is 2.29. The summed E-state index contributed by atoms with van der Waals surface area (Å²) in [6.45, 7) is 0. The van der Waals surface area contributed by atoms with Crippen LogP contribution < -0.4 is 0 Å². The van der Waals surface area contributed by atoms with Crippen LogP contribution in [0.4, 0.5) is 0 Å². The zero-order chi connectivity index (χ0) is 13.3. The second-order valence-electron chi connectivity index (χ2n) is 4.18. The molecule has 3 heterocycles. The van der Waals surface area contributed by atoms with E-state index in [1.54, 1.807) is 36.7 Å². The van der Waals surface area contributed by atoms with E-state index in [4.69, 9.17) is 0 Å². The molecule has 1 aliphatic rings. The van der Waals surface area contributed by atoms with Gasteiger partial charge in [-0.1, -0.05) is 0 Å². The largest absolute Gasteiger partial charge is 0.362 e. The van der Waals surface area contributed by atoms with Gasteiger partial charge in [0, 0.05) is 23.8 Å². The molecular weight excluding hydrogens is 260 g/mol. The predicted octanol–water partition coefficient (Wildman–Crippen LogP) is 2.71. The summed E-state index contributed by atoms with van der Waals surface area (Å²) in [6.07, 6.45) is 10.00. The molecule has 0 saturated carbocycles. The molecule has 96 valence electrons. The molecule has 0 unspecified atom stereocenters. The molecule has 2 aromatic heterocycles. The van der Waals surface area contributed by atoms with Crippen LogP contribution in [-0.4, -0.2) is 18.4 Å². The van der Waals surface area contributed by atoms with Gasteiger partial charge in [0.05, 0.1) is 9.81 Å². The van der Waals surface area contributed by atoms with Crippen LogP contribution in [0.2, 0.25) is 0 Å². The third-order valence-electron chi connectivity index (χ3n) is 2.87. The van der Waals surface area contributed by atoms with Crippen molar-refractivity contribution < 1.29 is 8.42 Å². The van der Waals surface area contributed by atoms with Crippen molar-refractivity contribution in [2.75, 3.05) is 0 Å². The molecule has 2 aromatic rings. The molecule has 0 spiro atoms. The lowest BCUT2D eigenvalue weighted by molar-refractivity contribution is 0.610. The van der Waals surface area contributed by atoms with E-state index in [1.807, 2.05) is 24.3 Å². The first-order chi connectivity index (χ1) is 9.16. The molecule has 0 aromatic carbocycles. The minimum absolute atomic E-state index is 0.299. The number of allylic oxidation sites excluding steroid dienone is 2. The van der Waals surface area contributed by atoms with Gasteiger partial charge in [0.2, 0.25) is 9.84 Å². The molecule has 0 fully saturated rings. The number of hydrogen-bond donors (Lipinski definition) is 2. The highest BCUT2D eigenvalue weighted by molar-refractivity contribution is 8.00. The van der Waals surface area contributed by atoms with Crippen molar-refractivity contribution in [1.29, 1.82) is 0 Å². The van der Waals surface area contributed by atoms with Crippen molar-refractivity contribution in [1.82, 2.24) is 9.97 Å². The quantitative estimate of drug-likeness (QED) is 0.882. The number of rotatable bonds is 2. The minimum Gasteiger partial charge on any atom is -0.362 e. The standard InChI is InChI=1S/C14H12N2O2S/c17-19(18)13(9-11-3-1-7-15-11)5-6-14(19)10-12-4-2-8-16-12/h1-10,15-16H. The molecule has 0 bridgehead atoms. The molecule has 0 amide bonds. The fourth-order valence-electron chi connectivity index (χ4n) is 1.91. The van der Waals surface area contributed by atoms with Crippen molar-refractivity contribution in [3.05, 3.63) is 70.0 Å². The SMILES string of the molecule is O=S1(=O)C(=Cc2ccc[nH]2)C=CC1=Cc1ccc[nH]1. The topological polar surface area (TPSA) is 65.7 Å². The lowest BCUT2D eigenvalue weighted by Crippen LogP contribution is -1.98. The second-order valence-corrected chi connectivity index (χ2v) is 6.13. The Labute approximate surface area is 111 Å². The summed E-state index contributed by atoms with van der Waals surface area (Å²) in [4.78, 5) is 6.52. The maximum absolute atomic E-state index is 12.3. The number of aromatic amines is 2. The number of hydrogen-bond acceptors (Lipinski definition) is 2. The smallest absolute Gasteiger partial charge is 0.206 e. The molecule has 2 N–H and O–H groups in total. The Kier molecular flexibility index (Phi) is 2.76. The summed E-state index contributed by atoms with van der Waals surface area (Å²) in [6, 6.07) is 7.30. The Morgan fingerprint density at radius 1 is 0.842 bits per heavy atom. The molecule has 1 aliphatic heterocycles. The first-order valence-corrected chi connectivity index (χ1v) is 7.28. The minimum atomic E-state index is -3.41. The third kappa shape index (κ3) is 2.20. The van der Waals surface area contributed by atoms with Gasteiger partial charge < -0.3 is 9.97 Å². The van der Waals surface area contributed by atoms with Crippen LogP contribution in [0.3, 0.4) is 0 Å². The average molecular weight is 272 g/mol. The van der Waals surface area contributed by atoms with Gasteiger partial charge in [-0.3, -0.25) is 0 Å². The summed E-state index contributed by atoms with van der Waals surface area (Å²) in [5.74, 6) is 0. The van der Waals surface area contributed by atoms with E-state index >= 15 is 0 Å². The summed E-state index contributed by atoms with van der Waals surface area (Å²) >= 11 is 0. The molecule has 5 heteroatoms. The van der Waals surface area contributed by atoms with Gasteiger partial charge in [-0.25, -0.2) is 8.42 Å². The van der Waals surface area contributed by atoms with Crippen LogP contribution in [0.15, 0.2) is 58.6 Å². The van der Waals surface area contributed by atoms with Crippen LogP contribution in [0, 0.1) is 0 Å². The molecule has 4 nitrogen and oxygen atoms in total. The number of H-pyrrole nitrogens is 2. The number of nitrogens with one attached hydrogen (secondary N) is 2. The van der Waals surface area contributed by atoms with Gasteiger partial charge in [0.1, 0.15) is 0 Å². The van der Waals surface area contributed by atoms with Gasteiger partial charge in [-0.05, 0) is 48.6 Å². The van der Waals surface area contributed by atoms with E-state index in [-0.39, 0.29) is 0 Å². The summed E-state index contributed by atoms with van der Waals surface area (Å²) in [5.41, 5.74) is 1.54. The van der Waals surface area contributed by atoms with Gasteiger partial charge in [0.15, 0.2) is 0 Å². The predicted molar refractivity (Wildman–Crippen MR) is 75.6 cm³/mol. The second kappa shape index (κ2) is 4.44. The van der Waals surface area contributed by atoms with Crippen LogP contribution >= 0.6 is 0 Å². The Hall–Kier alpha value is -2.27. The Balaban J connectivity index is 2.00. The number of sulfone groups is 1. The molecule has 0 radical (unpaired) electrons. The normalized spacial score (nSPS) is 21.5. The van der Waals surface area contributed by atoms with Gasteiger partial charge >= 0.3 is 0 Å². The zero-order valence-corrected chi connectivity index (χ0v) is 10.8. The lowest BCUT2D eigenvalue weighted by atomic mass is 10.3. The van der Waals surface area contributed by atoms with Crippen LogP contribution in [0.25, 0.3) is 12.2 Å². The van der Waals surface area contributed by atoms with E-state index < -0.39 is 9.84 Å². The van der Waals surface area contributed by atoms with Crippen molar-refractivity contribution >= 4 is 22.0 Å². The molecule has 0 atom stereocenters. The van der Waals surface area contributed by atoms with Crippen LogP contribution in [0.5, 0.6) is 0 Å². The summed E-state index contributed by atoms with van der Waals surface area (Å²) < 4.78 is 24.6. The van der Waals surface area contributed by atoms with Crippen molar-refractivity contribution in [3.8, 4) is 0 Å². The monoisotopic (exact) mass is 272 g/mol. The molecular formula is C14H12N2O2S. The Morgan fingerprint density at radius 3 is 1.68 bits per heavy atom. The maximum atomic E-state index is 12.3. The summed E-state index contributed by atoms with van der Waals surface area (Å²) in [5, 5.41) is 0. The van der Waals surface area contributed by atoms with Crippen molar-refractivity contribution in [2.45, 2.75) is 0 Å². The van der Waals surface area contributed by atoms with Crippen molar-refractivity contribution in [2.24, 2.45) is 0 Å². The Morgan fingerprint density at radius 2 is 1.32 bits per heavy atom. The van der Waals surface area contributed by atoms with Crippen LogP contribution in [-0.2, 0) is 9.84 Å². The fraction of sp³-hybridized carbons (Fsp3) is 0. The molecule has 0 saturated heterocycles. The third-order valence-corrected chi connectivity index (χ3v) is 4.62. The number of aromatic nitrogens is 2. The average Bonchev–Trinajstić information content (AvgIpc) is 3.08. The van der Waals surface area contributed by atoms with E-state index in [1.165, 1.54) is 0 Å². The maximum Gasteiger partial charge on any atom is 0.206 e. The van der Waals surface area contributed by atoms with Gasteiger partial charge in [-0.15, -0.1) is 0 Å². The van der Waals surface area contributed by atoms with E-state index in [9.17, 15) is 8.42 Å². The highest BCUT2D eigenvalue weighted by atomic mass is 32.2. The van der Waals surface area contributed by atoms with Gasteiger partial charge in [-0.2, -0.15) is 0 Å². The van der Waals surface area contributed by atoms with Crippen LogP contribution in [0.1, 0.15) is 11.4 Å². The molecule has 19 heavy (non-hydrogen) atoms. The molecule has 3 rings (SSSR count).